The van der Waals surface area contributed by atoms with Gasteiger partial charge in [0.25, 0.3) is 0 Å². The van der Waals surface area contributed by atoms with Crippen LogP contribution in [-0.4, -0.2) is 30.0 Å². The Morgan fingerprint density at radius 3 is 2.49 bits per heavy atom. The van der Waals surface area contributed by atoms with Gasteiger partial charge in [0.2, 0.25) is 0 Å². The van der Waals surface area contributed by atoms with Crippen molar-refractivity contribution in [3.8, 4) is 28.4 Å². The van der Waals surface area contributed by atoms with Crippen LogP contribution in [0, 0.1) is 20.8 Å². The number of alkyl halides is 1. The summed E-state index contributed by atoms with van der Waals surface area (Å²) >= 11 is 0. The fraction of sp³-hybridized carbons (Fsp3) is 0.387. The normalized spacial score (nSPS) is 16.8. The van der Waals surface area contributed by atoms with Gasteiger partial charge in [-0.3, -0.25) is 9.18 Å². The molecule has 0 saturated heterocycles. The minimum absolute atomic E-state index is 0.0861. The maximum Gasteiger partial charge on any atom is 0.304 e. The number of carboxylic acid groups (broad SMARTS) is 1. The Kier molecular flexibility index (Phi) is 6.84. The van der Waals surface area contributed by atoms with Gasteiger partial charge >= 0.3 is 5.97 Å². The molecule has 3 aromatic rings. The Morgan fingerprint density at radius 1 is 1.05 bits per heavy atom. The number of aryl methyl sites for hydroxylation is 2. The highest BCUT2D eigenvalue weighted by atomic mass is 19.1. The van der Waals surface area contributed by atoms with Crippen molar-refractivity contribution in [2.24, 2.45) is 0 Å². The molecule has 37 heavy (non-hydrogen) atoms. The van der Waals surface area contributed by atoms with Crippen LogP contribution < -0.4 is 14.2 Å². The molecule has 6 heteroatoms. The van der Waals surface area contributed by atoms with E-state index < -0.39 is 5.97 Å². The number of hydrogen-bond donors (Lipinski definition) is 1. The molecular formula is C31H33FO5. The lowest BCUT2D eigenvalue weighted by Crippen LogP contribution is -2.22. The molecule has 1 spiro atoms. The molecular weight excluding hydrogens is 471 g/mol. The number of fused-ring (bicyclic) bond motifs is 1. The zero-order chi connectivity index (χ0) is 26.2. The molecule has 1 unspecified atom stereocenters. The van der Waals surface area contributed by atoms with E-state index in [1.54, 1.807) is 0 Å². The minimum Gasteiger partial charge on any atom is -0.493 e. The van der Waals surface area contributed by atoms with Crippen molar-refractivity contribution >= 4 is 5.97 Å². The number of benzene rings is 3. The van der Waals surface area contributed by atoms with Crippen LogP contribution in [0.25, 0.3) is 11.1 Å². The first-order valence-corrected chi connectivity index (χ1v) is 12.9. The summed E-state index contributed by atoms with van der Waals surface area (Å²) in [6.45, 7) is 6.65. The van der Waals surface area contributed by atoms with Gasteiger partial charge in [0.1, 0.15) is 29.5 Å². The number of rotatable bonds is 10. The molecule has 1 atom stereocenters. The van der Waals surface area contributed by atoms with Crippen LogP contribution in [0.4, 0.5) is 4.39 Å². The van der Waals surface area contributed by atoms with Crippen molar-refractivity contribution in [1.29, 1.82) is 0 Å². The van der Waals surface area contributed by atoms with Gasteiger partial charge in [-0.25, -0.2) is 0 Å². The third-order valence-corrected chi connectivity index (χ3v) is 7.59. The first-order chi connectivity index (χ1) is 17.8. The van der Waals surface area contributed by atoms with E-state index in [1.807, 2.05) is 36.4 Å². The molecule has 0 bridgehead atoms. The highest BCUT2D eigenvalue weighted by molar-refractivity contribution is 5.75. The quantitative estimate of drug-likeness (QED) is 0.299. The van der Waals surface area contributed by atoms with E-state index in [1.165, 1.54) is 5.56 Å². The zero-order valence-electron chi connectivity index (χ0n) is 21.6. The fourth-order valence-corrected chi connectivity index (χ4v) is 5.55. The van der Waals surface area contributed by atoms with E-state index in [-0.39, 0.29) is 24.6 Å². The van der Waals surface area contributed by atoms with Gasteiger partial charge in [-0.2, -0.15) is 0 Å². The van der Waals surface area contributed by atoms with Crippen molar-refractivity contribution in [2.45, 2.75) is 64.6 Å². The van der Waals surface area contributed by atoms with E-state index in [2.05, 4.69) is 32.9 Å². The smallest absolute Gasteiger partial charge is 0.304 e. The van der Waals surface area contributed by atoms with Gasteiger partial charge in [-0.1, -0.05) is 24.3 Å². The highest BCUT2D eigenvalue weighted by Gasteiger charge is 2.57. The first kappa shape index (κ1) is 25.1. The van der Waals surface area contributed by atoms with Crippen molar-refractivity contribution in [3.05, 3.63) is 76.3 Å². The van der Waals surface area contributed by atoms with Crippen LogP contribution >= 0.6 is 0 Å². The topological polar surface area (TPSA) is 65.0 Å². The van der Waals surface area contributed by atoms with Gasteiger partial charge in [-0.05, 0) is 85.2 Å². The van der Waals surface area contributed by atoms with Crippen molar-refractivity contribution in [2.75, 3.05) is 13.3 Å². The molecule has 1 N–H and O–H groups in total. The molecule has 1 aliphatic heterocycles. The SMILES string of the molecule is Cc1cc(OCCCF)cc(C)c1-c1cccc(COc2ccc3c(c2)OC2(CC2)C3CC(=O)O)c1C. The average Bonchev–Trinajstić information content (AvgIpc) is 3.56. The van der Waals surface area contributed by atoms with E-state index in [0.29, 0.717) is 25.4 Å². The Balaban J connectivity index is 1.33. The molecule has 0 aromatic heterocycles. The number of aliphatic carboxylic acids is 1. The van der Waals surface area contributed by atoms with Crippen molar-refractivity contribution in [1.82, 2.24) is 0 Å². The summed E-state index contributed by atoms with van der Waals surface area (Å²) in [4.78, 5) is 11.4. The summed E-state index contributed by atoms with van der Waals surface area (Å²) in [5.74, 6) is 1.32. The van der Waals surface area contributed by atoms with E-state index in [0.717, 1.165) is 57.7 Å². The van der Waals surface area contributed by atoms with Gasteiger partial charge < -0.3 is 19.3 Å². The summed E-state index contributed by atoms with van der Waals surface area (Å²) in [6.07, 6.45) is 2.26. The molecule has 1 aliphatic carbocycles. The lowest BCUT2D eigenvalue weighted by Gasteiger charge is -2.18. The number of hydrogen-bond acceptors (Lipinski definition) is 4. The van der Waals surface area contributed by atoms with Gasteiger partial charge in [0.05, 0.1) is 19.7 Å². The second kappa shape index (κ2) is 10.1. The zero-order valence-corrected chi connectivity index (χ0v) is 21.6. The Bertz CT molecular complexity index is 1300. The lowest BCUT2D eigenvalue weighted by atomic mass is 9.90. The van der Waals surface area contributed by atoms with Crippen molar-refractivity contribution < 1.29 is 28.5 Å². The summed E-state index contributed by atoms with van der Waals surface area (Å²) in [5, 5.41) is 9.35. The fourth-order valence-electron chi connectivity index (χ4n) is 5.55. The maximum atomic E-state index is 12.4. The minimum atomic E-state index is -0.798. The third kappa shape index (κ3) is 5.02. The Hall–Kier alpha value is -3.54. The average molecular weight is 505 g/mol. The molecule has 3 aromatic carbocycles. The molecule has 0 radical (unpaired) electrons. The van der Waals surface area contributed by atoms with Gasteiger partial charge in [0, 0.05) is 24.0 Å². The van der Waals surface area contributed by atoms with Crippen LogP contribution in [0.1, 0.15) is 59.4 Å². The third-order valence-electron chi connectivity index (χ3n) is 7.59. The number of ether oxygens (including phenoxy) is 3. The van der Waals surface area contributed by atoms with Crippen LogP contribution in [0.15, 0.2) is 48.5 Å². The monoisotopic (exact) mass is 504 g/mol. The first-order valence-electron chi connectivity index (χ1n) is 12.9. The number of halogens is 1. The van der Waals surface area contributed by atoms with Crippen LogP contribution in [0.3, 0.4) is 0 Å². The lowest BCUT2D eigenvalue weighted by molar-refractivity contribution is -0.138. The summed E-state index contributed by atoms with van der Waals surface area (Å²) in [5.41, 5.74) is 7.40. The standard InChI is InChI=1S/C31H33FO5/c1-19-14-24(35-13-5-12-32)15-20(2)30(19)25-7-4-6-22(21(25)3)18-36-23-8-9-26-27(17-29(33)34)31(10-11-31)37-28(26)16-23/h4,6-9,14-16,27H,5,10-13,17-18H2,1-3H3,(H,33,34). The van der Waals surface area contributed by atoms with Crippen LogP contribution in [0.2, 0.25) is 0 Å². The molecule has 5 nitrogen and oxygen atoms in total. The predicted octanol–water partition coefficient (Wildman–Crippen LogP) is 7.08. The molecule has 1 fully saturated rings. The van der Waals surface area contributed by atoms with E-state index >= 15 is 0 Å². The molecule has 194 valence electrons. The Morgan fingerprint density at radius 2 is 1.81 bits per heavy atom. The second-order valence-corrected chi connectivity index (χ2v) is 10.2. The molecule has 1 saturated carbocycles. The van der Waals surface area contributed by atoms with Gasteiger partial charge in [-0.15, -0.1) is 0 Å². The van der Waals surface area contributed by atoms with Crippen molar-refractivity contribution in [3.63, 3.8) is 0 Å². The van der Waals surface area contributed by atoms with Crippen LogP contribution in [0.5, 0.6) is 17.2 Å². The largest absolute Gasteiger partial charge is 0.493 e. The highest BCUT2D eigenvalue weighted by Crippen LogP contribution is 2.59. The maximum absolute atomic E-state index is 12.4. The van der Waals surface area contributed by atoms with E-state index in [4.69, 9.17) is 14.2 Å². The number of carboxylic acids is 1. The Labute approximate surface area is 217 Å². The predicted molar refractivity (Wildman–Crippen MR) is 141 cm³/mol. The summed E-state index contributed by atoms with van der Waals surface area (Å²) in [7, 11) is 0. The molecule has 2 aliphatic rings. The molecule has 1 heterocycles. The summed E-state index contributed by atoms with van der Waals surface area (Å²) in [6, 6.07) is 16.0. The number of carbonyl (C=O) groups is 1. The molecule has 0 amide bonds. The van der Waals surface area contributed by atoms with Gasteiger partial charge in [0.15, 0.2) is 0 Å². The second-order valence-electron chi connectivity index (χ2n) is 10.2. The summed E-state index contributed by atoms with van der Waals surface area (Å²) < 4.78 is 30.5. The molecule has 5 rings (SSSR count). The van der Waals surface area contributed by atoms with E-state index in [9.17, 15) is 14.3 Å². The van der Waals surface area contributed by atoms with Crippen LogP contribution in [-0.2, 0) is 11.4 Å².